The van der Waals surface area contributed by atoms with E-state index < -0.39 is 14.9 Å². The van der Waals surface area contributed by atoms with Crippen LogP contribution < -0.4 is 9.62 Å². The molecular formula is C16H25N3O4S. The highest BCUT2D eigenvalue weighted by Crippen LogP contribution is 2.33. The minimum absolute atomic E-state index is 0.0841. The molecule has 0 amide bonds. The highest BCUT2D eigenvalue weighted by Gasteiger charge is 2.25. The largest absolute Gasteiger partial charge is 0.366 e. The summed E-state index contributed by atoms with van der Waals surface area (Å²) in [5.74, 6) is 0.669. The zero-order valence-corrected chi connectivity index (χ0v) is 15.0. The summed E-state index contributed by atoms with van der Waals surface area (Å²) in [6.45, 7) is 3.71. The van der Waals surface area contributed by atoms with Crippen LogP contribution in [0.4, 0.5) is 11.4 Å². The number of nitro groups is 1. The van der Waals surface area contributed by atoms with Gasteiger partial charge < -0.3 is 4.90 Å². The predicted octanol–water partition coefficient (Wildman–Crippen LogP) is 2.91. The van der Waals surface area contributed by atoms with Gasteiger partial charge in [-0.3, -0.25) is 10.1 Å². The lowest BCUT2D eigenvalue weighted by Gasteiger charge is -2.23. The topological polar surface area (TPSA) is 92.6 Å². The van der Waals surface area contributed by atoms with E-state index in [0.717, 1.165) is 44.8 Å². The van der Waals surface area contributed by atoms with Gasteiger partial charge in [-0.15, -0.1) is 0 Å². The van der Waals surface area contributed by atoms with Crippen LogP contribution in [-0.2, 0) is 10.0 Å². The van der Waals surface area contributed by atoms with Crippen molar-refractivity contribution in [1.82, 2.24) is 4.72 Å². The second kappa shape index (κ2) is 7.94. The molecule has 1 saturated heterocycles. The number of rotatable bonds is 6. The molecule has 0 saturated carbocycles. The lowest BCUT2D eigenvalue weighted by atomic mass is 9.96. The summed E-state index contributed by atoms with van der Waals surface area (Å²) in [5.41, 5.74) is 0.354. The number of hydrogen-bond donors (Lipinski definition) is 1. The van der Waals surface area contributed by atoms with Crippen LogP contribution in [-0.4, -0.2) is 33.5 Å². The van der Waals surface area contributed by atoms with Crippen molar-refractivity contribution in [1.29, 1.82) is 0 Å². The molecule has 0 spiro atoms. The molecule has 0 aromatic heterocycles. The summed E-state index contributed by atoms with van der Waals surface area (Å²) >= 11 is 0. The molecule has 0 aliphatic carbocycles. The maximum Gasteiger partial charge on any atom is 0.293 e. The second-order valence-electron chi connectivity index (χ2n) is 6.19. The number of sulfonamides is 1. The zero-order chi connectivity index (χ0) is 17.7. The Balaban J connectivity index is 2.31. The number of hydrogen-bond acceptors (Lipinski definition) is 5. The Morgan fingerprint density at radius 2 is 2.08 bits per heavy atom. The van der Waals surface area contributed by atoms with Gasteiger partial charge in [-0.1, -0.05) is 19.8 Å². The van der Waals surface area contributed by atoms with Crippen LogP contribution >= 0.6 is 0 Å². The summed E-state index contributed by atoms with van der Waals surface area (Å²) in [6, 6.07) is 4.14. The van der Waals surface area contributed by atoms with E-state index in [9.17, 15) is 18.5 Å². The minimum Gasteiger partial charge on any atom is -0.366 e. The van der Waals surface area contributed by atoms with Crippen LogP contribution in [0.2, 0.25) is 0 Å². The van der Waals surface area contributed by atoms with Crippen molar-refractivity contribution < 1.29 is 13.3 Å². The summed E-state index contributed by atoms with van der Waals surface area (Å²) in [5, 5.41) is 11.4. The lowest BCUT2D eigenvalue weighted by Crippen LogP contribution is -2.25. The number of nitro benzene ring substituents is 1. The van der Waals surface area contributed by atoms with Crippen LogP contribution in [0, 0.1) is 16.0 Å². The van der Waals surface area contributed by atoms with Crippen molar-refractivity contribution in [3.05, 3.63) is 28.3 Å². The SMILES string of the molecule is CCC[C@@H]1CCCN(c2ccc(S(=O)(=O)NC)cc2[N+](=O)[O-])CC1. The first-order valence-electron chi connectivity index (χ1n) is 8.36. The highest BCUT2D eigenvalue weighted by molar-refractivity contribution is 7.89. The van der Waals surface area contributed by atoms with E-state index in [4.69, 9.17) is 0 Å². The van der Waals surface area contributed by atoms with Crippen molar-refractivity contribution in [3.63, 3.8) is 0 Å². The smallest absolute Gasteiger partial charge is 0.293 e. The minimum atomic E-state index is -3.70. The molecule has 1 N–H and O–H groups in total. The monoisotopic (exact) mass is 355 g/mol. The van der Waals surface area contributed by atoms with Crippen molar-refractivity contribution >= 4 is 21.4 Å². The van der Waals surface area contributed by atoms with E-state index in [2.05, 4.69) is 11.6 Å². The number of benzene rings is 1. The summed E-state index contributed by atoms with van der Waals surface area (Å²) in [4.78, 5) is 12.9. The fourth-order valence-electron chi connectivity index (χ4n) is 3.31. The van der Waals surface area contributed by atoms with Gasteiger partial charge in [-0.05, 0) is 44.4 Å². The van der Waals surface area contributed by atoms with E-state index in [1.165, 1.54) is 19.5 Å². The number of nitrogens with zero attached hydrogens (tertiary/aromatic N) is 2. The average Bonchev–Trinajstić information content (AvgIpc) is 2.80. The predicted molar refractivity (Wildman–Crippen MR) is 93.8 cm³/mol. The Hall–Kier alpha value is -1.67. The summed E-state index contributed by atoms with van der Waals surface area (Å²) < 4.78 is 26.0. The molecule has 1 aromatic carbocycles. The fourth-order valence-corrected chi connectivity index (χ4v) is 4.05. The highest BCUT2D eigenvalue weighted by atomic mass is 32.2. The molecule has 1 fully saturated rings. The Morgan fingerprint density at radius 3 is 2.71 bits per heavy atom. The molecule has 2 rings (SSSR count). The first-order valence-corrected chi connectivity index (χ1v) is 9.84. The van der Waals surface area contributed by atoms with Crippen molar-refractivity contribution in [2.24, 2.45) is 5.92 Å². The normalized spacial score (nSPS) is 19.1. The molecule has 1 aliphatic rings. The Morgan fingerprint density at radius 1 is 1.33 bits per heavy atom. The molecule has 1 heterocycles. The molecule has 134 valence electrons. The molecule has 7 nitrogen and oxygen atoms in total. The summed E-state index contributed by atoms with van der Waals surface area (Å²) in [6.07, 6.45) is 5.50. The van der Waals surface area contributed by atoms with Gasteiger partial charge in [-0.2, -0.15) is 0 Å². The molecule has 8 heteroatoms. The third-order valence-electron chi connectivity index (χ3n) is 4.61. The van der Waals surface area contributed by atoms with Crippen LogP contribution in [0.3, 0.4) is 0 Å². The third-order valence-corrected chi connectivity index (χ3v) is 6.02. The van der Waals surface area contributed by atoms with Crippen molar-refractivity contribution in [3.8, 4) is 0 Å². The first-order chi connectivity index (χ1) is 11.4. The maximum atomic E-state index is 11.9. The van der Waals surface area contributed by atoms with Gasteiger partial charge in [0.1, 0.15) is 5.69 Å². The van der Waals surface area contributed by atoms with E-state index >= 15 is 0 Å². The zero-order valence-electron chi connectivity index (χ0n) is 14.2. The van der Waals surface area contributed by atoms with Gasteiger partial charge in [0.2, 0.25) is 10.0 Å². The number of anilines is 1. The van der Waals surface area contributed by atoms with Crippen LogP contribution in [0.25, 0.3) is 0 Å². The molecule has 0 bridgehead atoms. The Labute approximate surface area is 143 Å². The standard InChI is InChI=1S/C16H25N3O4S/c1-3-5-13-6-4-10-18(11-9-13)15-8-7-14(24(22,23)17-2)12-16(15)19(20)21/h7-8,12-13,17H,3-6,9-11H2,1-2H3/t13-/m1/s1. The van der Waals surface area contributed by atoms with E-state index in [-0.39, 0.29) is 10.6 Å². The average molecular weight is 355 g/mol. The van der Waals surface area contributed by atoms with Gasteiger partial charge in [-0.25, -0.2) is 13.1 Å². The Bertz CT molecular complexity index is 691. The lowest BCUT2D eigenvalue weighted by molar-refractivity contribution is -0.384. The molecule has 24 heavy (non-hydrogen) atoms. The molecule has 1 aromatic rings. The molecular weight excluding hydrogens is 330 g/mol. The molecule has 1 aliphatic heterocycles. The van der Waals surface area contributed by atoms with Gasteiger partial charge in [0.15, 0.2) is 0 Å². The third kappa shape index (κ3) is 4.24. The van der Waals surface area contributed by atoms with Crippen LogP contribution in [0.15, 0.2) is 23.1 Å². The van der Waals surface area contributed by atoms with Crippen molar-refractivity contribution in [2.45, 2.75) is 43.9 Å². The van der Waals surface area contributed by atoms with Crippen LogP contribution in [0.5, 0.6) is 0 Å². The summed E-state index contributed by atoms with van der Waals surface area (Å²) in [7, 11) is -2.41. The quantitative estimate of drug-likeness (QED) is 0.625. The Kier molecular flexibility index (Phi) is 6.17. The van der Waals surface area contributed by atoms with Gasteiger partial charge in [0.05, 0.1) is 9.82 Å². The van der Waals surface area contributed by atoms with Gasteiger partial charge >= 0.3 is 0 Å². The maximum absolute atomic E-state index is 11.9. The van der Waals surface area contributed by atoms with Gasteiger partial charge in [0.25, 0.3) is 5.69 Å². The van der Waals surface area contributed by atoms with Crippen LogP contribution in [0.1, 0.15) is 39.0 Å². The molecule has 1 atom stereocenters. The molecule has 0 unspecified atom stereocenters. The fraction of sp³-hybridized carbons (Fsp3) is 0.625. The van der Waals surface area contributed by atoms with Gasteiger partial charge in [0, 0.05) is 19.2 Å². The van der Waals surface area contributed by atoms with Crippen molar-refractivity contribution in [2.75, 3.05) is 25.0 Å². The van der Waals surface area contributed by atoms with E-state index in [1.807, 2.05) is 4.90 Å². The van der Waals surface area contributed by atoms with E-state index in [0.29, 0.717) is 11.6 Å². The second-order valence-corrected chi connectivity index (χ2v) is 8.07. The number of nitrogens with one attached hydrogen (secondary N) is 1. The first kappa shape index (κ1) is 18.7. The van der Waals surface area contributed by atoms with E-state index in [1.54, 1.807) is 6.07 Å². The molecule has 0 radical (unpaired) electrons.